The van der Waals surface area contributed by atoms with Gasteiger partial charge in [0.25, 0.3) is 5.69 Å². The number of hydrogen-bond acceptors (Lipinski definition) is 5. The molecule has 1 rings (SSSR count). The summed E-state index contributed by atoms with van der Waals surface area (Å²) in [5.74, 6) is -0.253. The van der Waals surface area contributed by atoms with Crippen LogP contribution in [0, 0.1) is 10.1 Å². The number of isocyanates is 1. The van der Waals surface area contributed by atoms with Gasteiger partial charge in [-0.2, -0.15) is 4.99 Å². The zero-order chi connectivity index (χ0) is 9.84. The Labute approximate surface area is 72.3 Å². The monoisotopic (exact) mass is 180 g/mol. The molecule has 0 bridgehead atoms. The molecule has 1 aromatic rings. The average Bonchev–Trinajstić information content (AvgIpc) is 2.08. The Balaban J connectivity index is 3.34. The van der Waals surface area contributed by atoms with Crippen LogP contribution in [0.3, 0.4) is 0 Å². The van der Waals surface area contributed by atoms with Crippen LogP contribution < -0.4 is 0 Å². The van der Waals surface area contributed by atoms with Gasteiger partial charge in [0.05, 0.1) is 11.0 Å². The molecule has 0 saturated carbocycles. The molecule has 6 heteroatoms. The van der Waals surface area contributed by atoms with Crippen LogP contribution in [0.25, 0.3) is 0 Å². The maximum Gasteiger partial charge on any atom is 0.299 e. The molecule has 0 aromatic heterocycles. The molecule has 0 aliphatic carbocycles. The fraction of sp³-hybridized carbons (Fsp3) is 0. The summed E-state index contributed by atoms with van der Waals surface area (Å²) in [4.78, 5) is 22.6. The van der Waals surface area contributed by atoms with Crippen molar-refractivity contribution in [1.29, 1.82) is 0 Å². The van der Waals surface area contributed by atoms with Crippen molar-refractivity contribution in [3.8, 4) is 5.75 Å². The zero-order valence-corrected chi connectivity index (χ0v) is 6.30. The molecule has 0 aliphatic rings. The lowest BCUT2D eigenvalue weighted by Crippen LogP contribution is -1.87. The van der Waals surface area contributed by atoms with Crippen LogP contribution in [-0.4, -0.2) is 16.1 Å². The molecule has 0 heterocycles. The summed E-state index contributed by atoms with van der Waals surface area (Å²) in [6.45, 7) is 0. The molecule has 1 aromatic carbocycles. The lowest BCUT2D eigenvalue weighted by atomic mass is 10.2. The number of aromatic hydroxyl groups is 1. The number of phenols is 1. The lowest BCUT2D eigenvalue weighted by Gasteiger charge is -1.95. The van der Waals surface area contributed by atoms with Gasteiger partial charge in [0.1, 0.15) is 5.75 Å². The lowest BCUT2D eigenvalue weighted by molar-refractivity contribution is -0.384. The first-order valence-electron chi connectivity index (χ1n) is 3.20. The number of nitro benzene ring substituents is 1. The average molecular weight is 180 g/mol. The van der Waals surface area contributed by atoms with Gasteiger partial charge in [0.15, 0.2) is 5.69 Å². The molecule has 0 fully saturated rings. The maximum absolute atomic E-state index is 10.4. The van der Waals surface area contributed by atoms with E-state index in [0.717, 1.165) is 6.07 Å². The van der Waals surface area contributed by atoms with Gasteiger partial charge in [-0.15, -0.1) is 0 Å². The van der Waals surface area contributed by atoms with Crippen molar-refractivity contribution in [3.63, 3.8) is 0 Å². The van der Waals surface area contributed by atoms with E-state index in [9.17, 15) is 14.9 Å². The molecular weight excluding hydrogens is 176 g/mol. The zero-order valence-electron chi connectivity index (χ0n) is 6.30. The van der Waals surface area contributed by atoms with E-state index in [0.29, 0.717) is 0 Å². The van der Waals surface area contributed by atoms with Crippen LogP contribution in [-0.2, 0) is 4.79 Å². The van der Waals surface area contributed by atoms with E-state index >= 15 is 0 Å². The number of nitro groups is 1. The minimum atomic E-state index is -0.740. The van der Waals surface area contributed by atoms with Gasteiger partial charge in [-0.05, 0) is 12.1 Å². The van der Waals surface area contributed by atoms with Crippen molar-refractivity contribution in [2.45, 2.75) is 0 Å². The van der Waals surface area contributed by atoms with Crippen molar-refractivity contribution < 1.29 is 14.8 Å². The number of benzene rings is 1. The Morgan fingerprint density at radius 2 is 2.23 bits per heavy atom. The highest BCUT2D eigenvalue weighted by Gasteiger charge is 2.13. The molecule has 1 N–H and O–H groups in total. The van der Waals surface area contributed by atoms with Crippen LogP contribution in [0.4, 0.5) is 11.4 Å². The number of phenolic OH excluding ortho intramolecular Hbond substituents is 1. The van der Waals surface area contributed by atoms with E-state index in [1.165, 1.54) is 18.2 Å². The minimum absolute atomic E-state index is 0.127. The first kappa shape index (κ1) is 8.89. The predicted octanol–water partition coefficient (Wildman–Crippen LogP) is 1.27. The topological polar surface area (TPSA) is 92.8 Å². The van der Waals surface area contributed by atoms with E-state index in [-0.39, 0.29) is 11.4 Å². The summed E-state index contributed by atoms with van der Waals surface area (Å²) in [5.41, 5.74) is -0.554. The standard InChI is InChI=1S/C7H4N2O4/c10-4-8-6-2-1-5(11)3-7(6)9(12)13/h1-3,11H. The smallest absolute Gasteiger partial charge is 0.299 e. The highest BCUT2D eigenvalue weighted by molar-refractivity contribution is 5.63. The largest absolute Gasteiger partial charge is 0.508 e. The van der Waals surface area contributed by atoms with Gasteiger partial charge in [-0.3, -0.25) is 10.1 Å². The maximum atomic E-state index is 10.4. The third-order valence-corrected chi connectivity index (χ3v) is 1.32. The van der Waals surface area contributed by atoms with Crippen molar-refractivity contribution >= 4 is 17.5 Å². The normalized spacial score (nSPS) is 8.92. The van der Waals surface area contributed by atoms with Crippen LogP contribution >= 0.6 is 0 Å². The van der Waals surface area contributed by atoms with Crippen LogP contribution in [0.2, 0.25) is 0 Å². The Morgan fingerprint density at radius 3 is 2.77 bits per heavy atom. The van der Waals surface area contributed by atoms with E-state index in [4.69, 9.17) is 5.11 Å². The number of hydrogen-bond donors (Lipinski definition) is 1. The molecule has 0 atom stereocenters. The van der Waals surface area contributed by atoms with E-state index in [2.05, 4.69) is 4.99 Å². The Kier molecular flexibility index (Phi) is 2.37. The molecule has 0 amide bonds. The van der Waals surface area contributed by atoms with Gasteiger partial charge in [0, 0.05) is 0 Å². The minimum Gasteiger partial charge on any atom is -0.508 e. The van der Waals surface area contributed by atoms with E-state index < -0.39 is 10.6 Å². The molecule has 0 saturated heterocycles. The summed E-state index contributed by atoms with van der Waals surface area (Å²) in [5, 5.41) is 19.3. The second-order valence-corrected chi connectivity index (χ2v) is 2.13. The van der Waals surface area contributed by atoms with E-state index in [1.807, 2.05) is 0 Å². The molecule has 0 aliphatic heterocycles. The first-order valence-corrected chi connectivity index (χ1v) is 3.20. The number of aliphatic imine (C=N–C) groups is 1. The van der Waals surface area contributed by atoms with Gasteiger partial charge >= 0.3 is 0 Å². The molecule has 66 valence electrons. The van der Waals surface area contributed by atoms with Crippen molar-refractivity contribution in [3.05, 3.63) is 28.3 Å². The highest BCUT2D eigenvalue weighted by Crippen LogP contribution is 2.30. The third-order valence-electron chi connectivity index (χ3n) is 1.32. The SMILES string of the molecule is O=C=Nc1ccc(O)cc1[N+](=O)[O-]. The fourth-order valence-corrected chi connectivity index (χ4v) is 0.802. The molecule has 6 nitrogen and oxygen atoms in total. The first-order chi connectivity index (χ1) is 6.15. The van der Waals surface area contributed by atoms with E-state index in [1.54, 1.807) is 0 Å². The second kappa shape index (κ2) is 3.46. The van der Waals surface area contributed by atoms with Gasteiger partial charge in [-0.25, -0.2) is 4.79 Å². The number of rotatable bonds is 2. The number of nitrogens with zero attached hydrogens (tertiary/aromatic N) is 2. The molecule has 0 spiro atoms. The Bertz CT molecular complexity index is 395. The molecule has 0 radical (unpaired) electrons. The van der Waals surface area contributed by atoms with Gasteiger partial charge < -0.3 is 5.11 Å². The van der Waals surface area contributed by atoms with Crippen molar-refractivity contribution in [2.75, 3.05) is 0 Å². The summed E-state index contributed by atoms with van der Waals surface area (Å²) in [6, 6.07) is 3.28. The molecule has 0 unspecified atom stereocenters. The summed E-state index contributed by atoms with van der Waals surface area (Å²) in [7, 11) is 0. The van der Waals surface area contributed by atoms with Gasteiger partial charge in [0.2, 0.25) is 6.08 Å². The Morgan fingerprint density at radius 1 is 1.54 bits per heavy atom. The number of carbonyl (C=O) groups excluding carboxylic acids is 1. The molecule has 13 heavy (non-hydrogen) atoms. The van der Waals surface area contributed by atoms with Crippen LogP contribution in [0.5, 0.6) is 5.75 Å². The summed E-state index contributed by atoms with van der Waals surface area (Å²) in [6.07, 6.45) is 1.19. The molecular formula is C7H4N2O4. The fourth-order valence-electron chi connectivity index (χ4n) is 0.802. The van der Waals surface area contributed by atoms with Gasteiger partial charge in [-0.1, -0.05) is 0 Å². The summed E-state index contributed by atoms with van der Waals surface area (Å²) >= 11 is 0. The third kappa shape index (κ3) is 1.88. The summed E-state index contributed by atoms with van der Waals surface area (Å²) < 4.78 is 0. The van der Waals surface area contributed by atoms with Crippen LogP contribution in [0.15, 0.2) is 23.2 Å². The van der Waals surface area contributed by atoms with Crippen molar-refractivity contribution in [2.24, 2.45) is 4.99 Å². The van der Waals surface area contributed by atoms with Crippen LogP contribution in [0.1, 0.15) is 0 Å². The highest BCUT2D eigenvalue weighted by atomic mass is 16.6. The predicted molar refractivity (Wildman–Crippen MR) is 42.5 cm³/mol. The Hall–Kier alpha value is -2.20. The van der Waals surface area contributed by atoms with Crippen molar-refractivity contribution in [1.82, 2.24) is 0 Å². The second-order valence-electron chi connectivity index (χ2n) is 2.13. The quantitative estimate of drug-likeness (QED) is 0.321.